The first-order valence-corrected chi connectivity index (χ1v) is 12.2. The summed E-state index contributed by atoms with van der Waals surface area (Å²) < 4.78 is 0.455. The minimum Gasteiger partial charge on any atom is -0.508 e. The van der Waals surface area contributed by atoms with Crippen molar-refractivity contribution in [1.29, 1.82) is 0 Å². The molecule has 0 aliphatic heterocycles. The van der Waals surface area contributed by atoms with Gasteiger partial charge in [0.1, 0.15) is 11.5 Å². The molecule has 4 aromatic rings. The van der Waals surface area contributed by atoms with Gasteiger partial charge in [0.2, 0.25) is 0 Å². The van der Waals surface area contributed by atoms with E-state index in [2.05, 4.69) is 25.9 Å². The predicted molar refractivity (Wildman–Crippen MR) is 138 cm³/mol. The van der Waals surface area contributed by atoms with E-state index >= 15 is 0 Å². The Bertz CT molecular complexity index is 1200. The molecule has 0 spiro atoms. The third-order valence-electron chi connectivity index (χ3n) is 5.58. The molecule has 1 heterocycles. The number of nitrogens with zero attached hydrogens (tertiary/aromatic N) is 3. The SMILES string of the molecule is OCCCc1ccc(-c2nc(-c3ccc(CCCO)cc3)nc(-c3c(O)cc(O)cc3Br)n2)cc1. The molecular formula is C27H26BrN3O4. The molecule has 0 saturated carbocycles. The summed E-state index contributed by atoms with van der Waals surface area (Å²) in [6, 6.07) is 18.4. The summed E-state index contributed by atoms with van der Waals surface area (Å²) in [5.41, 5.74) is 4.14. The van der Waals surface area contributed by atoms with Crippen molar-refractivity contribution in [3.63, 3.8) is 0 Å². The average Bonchev–Trinajstić information content (AvgIpc) is 2.86. The Kier molecular flexibility index (Phi) is 8.07. The summed E-state index contributed by atoms with van der Waals surface area (Å²) in [7, 11) is 0. The van der Waals surface area contributed by atoms with Crippen LogP contribution >= 0.6 is 15.9 Å². The fourth-order valence-corrected chi connectivity index (χ4v) is 4.37. The Morgan fingerprint density at radius 1 is 0.629 bits per heavy atom. The quantitative estimate of drug-likeness (QED) is 0.240. The Hall–Kier alpha value is -3.33. The van der Waals surface area contributed by atoms with Crippen LogP contribution in [-0.2, 0) is 12.8 Å². The minimum absolute atomic E-state index is 0.0791. The van der Waals surface area contributed by atoms with Crippen molar-refractivity contribution in [3.8, 4) is 45.7 Å². The average molecular weight is 536 g/mol. The zero-order valence-electron chi connectivity index (χ0n) is 19.0. The first kappa shape index (κ1) is 24.8. The zero-order valence-corrected chi connectivity index (χ0v) is 20.6. The summed E-state index contributed by atoms with van der Waals surface area (Å²) in [5.74, 6) is 0.927. The molecule has 0 aliphatic rings. The van der Waals surface area contributed by atoms with Gasteiger partial charge in [0.05, 0.1) is 5.56 Å². The van der Waals surface area contributed by atoms with Gasteiger partial charge < -0.3 is 20.4 Å². The number of rotatable bonds is 9. The maximum absolute atomic E-state index is 10.6. The van der Waals surface area contributed by atoms with Crippen LogP contribution in [0.1, 0.15) is 24.0 Å². The molecule has 8 heteroatoms. The number of aromatic nitrogens is 3. The molecule has 3 aromatic carbocycles. The maximum Gasteiger partial charge on any atom is 0.168 e. The molecule has 180 valence electrons. The molecule has 4 N–H and O–H groups in total. The van der Waals surface area contributed by atoms with E-state index in [1.807, 2.05) is 48.5 Å². The van der Waals surface area contributed by atoms with E-state index in [1.54, 1.807) is 0 Å². The van der Waals surface area contributed by atoms with E-state index in [4.69, 9.17) is 15.2 Å². The number of aryl methyl sites for hydroxylation is 2. The number of aliphatic hydroxyl groups is 2. The molecule has 7 nitrogen and oxygen atoms in total. The smallest absolute Gasteiger partial charge is 0.168 e. The van der Waals surface area contributed by atoms with E-state index in [0.29, 0.717) is 34.5 Å². The number of hydrogen-bond acceptors (Lipinski definition) is 7. The normalized spacial score (nSPS) is 11.1. The Balaban J connectivity index is 1.80. The molecule has 0 bridgehead atoms. The van der Waals surface area contributed by atoms with Crippen molar-refractivity contribution in [2.75, 3.05) is 13.2 Å². The third-order valence-corrected chi connectivity index (χ3v) is 6.21. The van der Waals surface area contributed by atoms with Crippen LogP contribution < -0.4 is 0 Å². The largest absolute Gasteiger partial charge is 0.508 e. The van der Waals surface area contributed by atoms with Gasteiger partial charge >= 0.3 is 0 Å². The monoisotopic (exact) mass is 535 g/mol. The van der Waals surface area contributed by atoms with Gasteiger partial charge in [-0.15, -0.1) is 0 Å². The lowest BCUT2D eigenvalue weighted by molar-refractivity contribution is 0.288. The number of aliphatic hydroxyl groups excluding tert-OH is 2. The molecule has 0 aliphatic carbocycles. The van der Waals surface area contributed by atoms with E-state index < -0.39 is 0 Å². The van der Waals surface area contributed by atoms with Crippen LogP contribution in [0, 0.1) is 0 Å². The number of halogens is 1. The molecule has 0 radical (unpaired) electrons. The highest BCUT2D eigenvalue weighted by molar-refractivity contribution is 9.10. The second kappa shape index (κ2) is 11.4. The van der Waals surface area contributed by atoms with Gasteiger partial charge in [0.15, 0.2) is 17.5 Å². The van der Waals surface area contributed by atoms with E-state index in [0.717, 1.165) is 35.1 Å². The summed E-state index contributed by atoms with van der Waals surface area (Å²) in [6.07, 6.45) is 2.95. The van der Waals surface area contributed by atoms with Crippen molar-refractivity contribution in [3.05, 3.63) is 76.3 Å². The van der Waals surface area contributed by atoms with Crippen molar-refractivity contribution >= 4 is 15.9 Å². The summed E-state index contributed by atoms with van der Waals surface area (Å²) in [5, 5.41) is 38.5. The van der Waals surface area contributed by atoms with Crippen molar-refractivity contribution in [2.24, 2.45) is 0 Å². The number of phenolic OH excluding ortho intramolecular Hbond substituents is 2. The molecule has 0 amide bonds. The van der Waals surface area contributed by atoms with Crippen molar-refractivity contribution in [2.45, 2.75) is 25.7 Å². The molecule has 0 fully saturated rings. The van der Waals surface area contributed by atoms with E-state index in [-0.39, 0.29) is 30.5 Å². The molecular weight excluding hydrogens is 510 g/mol. The second-order valence-electron chi connectivity index (χ2n) is 8.18. The fraction of sp³-hybridized carbons (Fsp3) is 0.222. The zero-order chi connectivity index (χ0) is 24.8. The van der Waals surface area contributed by atoms with Gasteiger partial charge in [-0.3, -0.25) is 0 Å². The van der Waals surface area contributed by atoms with Crippen molar-refractivity contribution < 1.29 is 20.4 Å². The van der Waals surface area contributed by atoms with Gasteiger partial charge in [-0.1, -0.05) is 48.5 Å². The van der Waals surface area contributed by atoms with Gasteiger partial charge in [-0.2, -0.15) is 0 Å². The Morgan fingerprint density at radius 2 is 1.09 bits per heavy atom. The second-order valence-corrected chi connectivity index (χ2v) is 9.03. The lowest BCUT2D eigenvalue weighted by atomic mass is 10.1. The molecule has 35 heavy (non-hydrogen) atoms. The number of phenols is 2. The minimum atomic E-state index is -0.154. The first-order valence-electron chi connectivity index (χ1n) is 11.4. The van der Waals surface area contributed by atoms with E-state index in [9.17, 15) is 10.2 Å². The van der Waals surface area contributed by atoms with Gasteiger partial charge in [0, 0.05) is 34.9 Å². The molecule has 0 unspecified atom stereocenters. The standard InChI is InChI=1S/C27H26BrN3O4/c28-22-15-21(34)16-23(35)24(22)27-30-25(19-9-5-17(6-10-19)3-1-13-32)29-26(31-27)20-11-7-18(8-12-20)4-2-14-33/h5-12,15-16,32-35H,1-4,13-14H2. The Morgan fingerprint density at radius 3 is 1.51 bits per heavy atom. The van der Waals surface area contributed by atoms with Crippen LogP contribution in [0.25, 0.3) is 34.2 Å². The van der Waals surface area contributed by atoms with Gasteiger partial charge in [-0.05, 0) is 58.8 Å². The van der Waals surface area contributed by atoms with Crippen LogP contribution in [0.15, 0.2) is 65.1 Å². The third kappa shape index (κ3) is 6.03. The Labute approximate surface area is 211 Å². The molecule has 0 saturated heterocycles. The highest BCUT2D eigenvalue weighted by atomic mass is 79.9. The number of hydrogen-bond donors (Lipinski definition) is 4. The highest BCUT2D eigenvalue weighted by Crippen LogP contribution is 2.38. The van der Waals surface area contributed by atoms with Crippen molar-refractivity contribution in [1.82, 2.24) is 15.0 Å². The molecule has 1 aromatic heterocycles. The van der Waals surface area contributed by atoms with E-state index in [1.165, 1.54) is 12.1 Å². The predicted octanol–water partition coefficient (Wildman–Crippen LogP) is 4.90. The first-order chi connectivity index (χ1) is 17.0. The fourth-order valence-electron chi connectivity index (χ4n) is 3.75. The van der Waals surface area contributed by atoms with Crippen LogP contribution in [-0.4, -0.2) is 48.6 Å². The summed E-state index contributed by atoms with van der Waals surface area (Å²) in [6.45, 7) is 0.289. The highest BCUT2D eigenvalue weighted by Gasteiger charge is 2.18. The van der Waals surface area contributed by atoms with Crippen LogP contribution in [0.2, 0.25) is 0 Å². The topological polar surface area (TPSA) is 120 Å². The summed E-state index contributed by atoms with van der Waals surface area (Å²) in [4.78, 5) is 14.0. The number of benzene rings is 3. The molecule has 0 atom stereocenters. The van der Waals surface area contributed by atoms with Gasteiger partial charge in [-0.25, -0.2) is 15.0 Å². The van der Waals surface area contributed by atoms with Crippen LogP contribution in [0.3, 0.4) is 0 Å². The lowest BCUT2D eigenvalue weighted by Gasteiger charge is -2.11. The van der Waals surface area contributed by atoms with Gasteiger partial charge in [0.25, 0.3) is 0 Å². The molecule has 4 rings (SSSR count). The lowest BCUT2D eigenvalue weighted by Crippen LogP contribution is -2.01. The summed E-state index contributed by atoms with van der Waals surface area (Å²) >= 11 is 3.40. The van der Waals surface area contributed by atoms with Crippen LogP contribution in [0.5, 0.6) is 11.5 Å². The number of aromatic hydroxyl groups is 2. The van der Waals surface area contributed by atoms with Crippen LogP contribution in [0.4, 0.5) is 0 Å². The maximum atomic E-state index is 10.6.